The van der Waals surface area contributed by atoms with E-state index in [1.165, 1.54) is 27.7 Å². The number of sulfonamides is 1. The van der Waals surface area contributed by atoms with Crippen LogP contribution in [0.4, 0.5) is 54.5 Å². The van der Waals surface area contributed by atoms with Gasteiger partial charge in [-0.1, -0.05) is 37.4 Å². The molecule has 440 valence electrons. The Kier molecular flexibility index (Phi) is 16.7. The number of alkyl halides is 8. The van der Waals surface area contributed by atoms with Crippen LogP contribution < -0.4 is 14.9 Å². The molecule has 3 aromatic heterocycles. The molecule has 1 fully saturated rings. The van der Waals surface area contributed by atoms with Gasteiger partial charge in [-0.3, -0.25) is 19.0 Å². The lowest BCUT2D eigenvalue weighted by Gasteiger charge is -2.27. The Hall–Kier alpha value is -6.36. The molecule has 0 saturated heterocycles. The van der Waals surface area contributed by atoms with Gasteiger partial charge >= 0.3 is 26.3 Å². The van der Waals surface area contributed by atoms with Crippen LogP contribution in [-0.2, 0) is 74.9 Å². The summed E-state index contributed by atoms with van der Waals surface area (Å²) in [5.41, 5.74) is -7.78. The van der Waals surface area contributed by atoms with Crippen molar-refractivity contribution < 1.29 is 98.7 Å². The van der Waals surface area contributed by atoms with Crippen LogP contribution in [-0.4, -0.2) is 106 Å². The maximum absolute atomic E-state index is 15.7. The minimum atomic E-state index is -5.26. The molecule has 1 saturated carbocycles. The van der Waals surface area contributed by atoms with E-state index in [-0.39, 0.29) is 36.9 Å². The van der Waals surface area contributed by atoms with Crippen molar-refractivity contribution in [2.24, 2.45) is 11.3 Å². The summed E-state index contributed by atoms with van der Waals surface area (Å²) >= 11 is 6.69. The second kappa shape index (κ2) is 21.8. The molecule has 81 heavy (non-hydrogen) atoms. The number of amides is 3. The zero-order valence-electron chi connectivity index (χ0n) is 42.8. The number of phosphoric acid groups is 1. The highest BCUT2D eigenvalue weighted by molar-refractivity contribution is 7.93. The van der Waals surface area contributed by atoms with Gasteiger partial charge in [0.25, 0.3) is 5.92 Å². The standard InChI is InChI=1S/C47H46ClF10N8O12PS2/c1-43(2,20-59-42(69)77-22-78-79(70,71)72)18-34(68)66(81(6,75)76)41-36-31(48)10-9-28(38(36)65(63-41)21-45(51,52)53)27-8-7-26(11-12-44(3,4)80(5,73)74)60-37(27)32(15-23-13-24(49)16-25(50)14-23)61-33(67)19-64-40-35(39(62-64)47(56,57)58)29-17-30(29)46(40,54)55/h7-10,13-14,16,29-30,32H,15,17-22H2,1-6H3,(H,59,69)(H,61,67)(H2,70,71,72)/t29-,30?,32-/m0/s1. The van der Waals surface area contributed by atoms with Crippen LogP contribution in [0, 0.1) is 34.8 Å². The molecule has 0 aliphatic heterocycles. The third-order valence-electron chi connectivity index (χ3n) is 12.8. The average Bonchev–Trinajstić information content (AvgIpc) is 3.48. The predicted octanol–water partition coefficient (Wildman–Crippen LogP) is 7.79. The second-order valence-electron chi connectivity index (χ2n) is 20.3. The number of nitrogens with one attached hydrogen (secondary N) is 2. The number of anilines is 1. The normalized spacial score (nSPS) is 16.7. The molecule has 4 N–H and O–H groups in total. The summed E-state index contributed by atoms with van der Waals surface area (Å²) in [6.45, 7) is -0.0738. The van der Waals surface area contributed by atoms with E-state index in [1.807, 2.05) is 0 Å². The van der Waals surface area contributed by atoms with E-state index in [9.17, 15) is 70.9 Å². The number of carbonyl (C=O) groups is 3. The van der Waals surface area contributed by atoms with Gasteiger partial charge < -0.3 is 25.2 Å². The Bertz CT molecular complexity index is 3710. The van der Waals surface area contributed by atoms with E-state index in [2.05, 4.69) is 46.9 Å². The summed E-state index contributed by atoms with van der Waals surface area (Å²) in [5, 5.41) is 10.7. The smallest absolute Gasteiger partial charge is 0.422 e. The maximum Gasteiger partial charge on any atom is 0.472 e. The number of hydrogen-bond donors (Lipinski definition) is 4. The van der Waals surface area contributed by atoms with E-state index in [0.29, 0.717) is 12.3 Å². The quantitative estimate of drug-likeness (QED) is 0.0282. The lowest BCUT2D eigenvalue weighted by atomic mass is 9.89. The summed E-state index contributed by atoms with van der Waals surface area (Å²) in [6, 6.07) is 4.46. The molecule has 3 amide bonds. The van der Waals surface area contributed by atoms with Gasteiger partial charge in [-0.15, -0.1) is 0 Å². The molecule has 0 bridgehead atoms. The van der Waals surface area contributed by atoms with E-state index in [4.69, 9.17) is 21.4 Å². The first-order chi connectivity index (χ1) is 37.0. The Labute approximate surface area is 458 Å². The molecular weight excluding hydrogens is 1190 g/mol. The van der Waals surface area contributed by atoms with Gasteiger partial charge in [-0.2, -0.15) is 49.6 Å². The fraction of sp³-hybridized carbons (Fsp3) is 0.447. The predicted molar refractivity (Wildman–Crippen MR) is 266 cm³/mol. The van der Waals surface area contributed by atoms with Crippen LogP contribution in [0.15, 0.2) is 42.5 Å². The highest BCUT2D eigenvalue weighted by atomic mass is 35.5. The molecule has 20 nitrogen and oxygen atoms in total. The largest absolute Gasteiger partial charge is 0.472 e. The van der Waals surface area contributed by atoms with Gasteiger partial charge in [0.1, 0.15) is 40.9 Å². The van der Waals surface area contributed by atoms with Gasteiger partial charge in [-0.05, 0) is 79.8 Å². The minimum absolute atomic E-state index is 0.0257. The number of alkyl carbamates (subject to hydrolysis) is 1. The second-order valence-corrected chi connectivity index (χ2v) is 26.3. The van der Waals surface area contributed by atoms with Crippen LogP contribution in [0.1, 0.15) is 86.4 Å². The van der Waals surface area contributed by atoms with E-state index < -0.39 is 193 Å². The number of halogens is 11. The van der Waals surface area contributed by atoms with Crippen LogP contribution >= 0.6 is 19.4 Å². The first kappa shape index (κ1) is 62.2. The van der Waals surface area contributed by atoms with Crippen LogP contribution in [0.25, 0.3) is 22.0 Å². The number of hydrogen-bond acceptors (Lipinski definition) is 13. The molecule has 3 heterocycles. The molecule has 5 aromatic rings. The molecular formula is C47H46ClF10N8O12PS2. The lowest BCUT2D eigenvalue weighted by molar-refractivity contribution is -0.143. The van der Waals surface area contributed by atoms with Crippen molar-refractivity contribution in [1.29, 1.82) is 0 Å². The Morgan fingerprint density at radius 2 is 1.58 bits per heavy atom. The topological polar surface area (TPSA) is 271 Å². The molecule has 1 unspecified atom stereocenters. The van der Waals surface area contributed by atoms with Crippen molar-refractivity contribution in [1.82, 2.24) is 35.2 Å². The monoisotopic (exact) mass is 1230 g/mol. The molecule has 7 rings (SSSR count). The fourth-order valence-electron chi connectivity index (χ4n) is 8.91. The average molecular weight is 1240 g/mol. The molecule has 3 atom stereocenters. The van der Waals surface area contributed by atoms with Gasteiger partial charge in [0.15, 0.2) is 21.3 Å². The highest BCUT2D eigenvalue weighted by Gasteiger charge is 2.68. The van der Waals surface area contributed by atoms with Gasteiger partial charge in [-0.25, -0.2) is 44.5 Å². The summed E-state index contributed by atoms with van der Waals surface area (Å²) in [6.07, 6.45) is -12.4. The number of phosphoric ester groups is 1. The third-order valence-corrected chi connectivity index (χ3v) is 16.6. The van der Waals surface area contributed by atoms with Crippen molar-refractivity contribution in [2.45, 2.75) is 95.0 Å². The van der Waals surface area contributed by atoms with E-state index in [0.717, 1.165) is 42.7 Å². The molecule has 0 spiro atoms. The lowest BCUT2D eigenvalue weighted by Crippen LogP contribution is -2.42. The number of sulfone groups is 1. The van der Waals surface area contributed by atoms with Gasteiger partial charge in [0.05, 0.1) is 33.9 Å². The number of pyridine rings is 1. The van der Waals surface area contributed by atoms with Crippen molar-refractivity contribution in [3.05, 3.63) is 93.0 Å². The molecule has 2 aliphatic carbocycles. The zero-order chi connectivity index (χ0) is 60.5. The molecule has 2 aliphatic rings. The Morgan fingerprint density at radius 3 is 2.16 bits per heavy atom. The third kappa shape index (κ3) is 14.1. The van der Waals surface area contributed by atoms with Crippen molar-refractivity contribution >= 4 is 73.9 Å². The van der Waals surface area contributed by atoms with Gasteiger partial charge in [0, 0.05) is 47.9 Å². The number of aromatic nitrogens is 5. The van der Waals surface area contributed by atoms with Crippen molar-refractivity contribution in [3.63, 3.8) is 0 Å². The molecule has 34 heteroatoms. The number of carbonyl (C=O) groups excluding carboxylic acids is 3. The van der Waals surface area contributed by atoms with Crippen LogP contribution in [0.2, 0.25) is 5.02 Å². The zero-order valence-corrected chi connectivity index (χ0v) is 46.1. The first-order valence-electron chi connectivity index (χ1n) is 23.4. The Balaban J connectivity index is 1.42. The Morgan fingerprint density at radius 1 is 0.951 bits per heavy atom. The van der Waals surface area contributed by atoms with Gasteiger partial charge in [0.2, 0.25) is 28.6 Å². The number of rotatable bonds is 18. The maximum atomic E-state index is 15.7. The summed E-state index contributed by atoms with van der Waals surface area (Å²) in [7, 11) is -14.0. The summed E-state index contributed by atoms with van der Waals surface area (Å²) in [4.78, 5) is 62.9. The molecule has 2 aromatic carbocycles. The molecule has 0 radical (unpaired) electrons. The number of nitrogens with zero attached hydrogens (tertiary/aromatic N) is 6. The van der Waals surface area contributed by atoms with Crippen molar-refractivity contribution in [3.8, 4) is 23.0 Å². The van der Waals surface area contributed by atoms with Crippen LogP contribution in [0.3, 0.4) is 0 Å². The minimum Gasteiger partial charge on any atom is -0.422 e. The number of benzene rings is 2. The van der Waals surface area contributed by atoms with E-state index in [1.54, 1.807) is 0 Å². The first-order valence-corrected chi connectivity index (χ1v) is 29.1. The van der Waals surface area contributed by atoms with Crippen LogP contribution in [0.5, 0.6) is 0 Å². The number of ether oxygens (including phenoxy) is 1. The van der Waals surface area contributed by atoms with Crippen molar-refractivity contribution in [2.75, 3.05) is 30.2 Å². The summed E-state index contributed by atoms with van der Waals surface area (Å²) < 4.78 is 219. The summed E-state index contributed by atoms with van der Waals surface area (Å²) in [5.74, 6) is -7.72. The fourth-order valence-corrected chi connectivity index (χ4v) is 10.5. The highest BCUT2D eigenvalue weighted by Crippen LogP contribution is 2.68. The number of fused-ring (bicyclic) bond motifs is 4. The van der Waals surface area contributed by atoms with E-state index >= 15 is 8.78 Å². The SMILES string of the molecule is CC(C)(CNC(=O)OCOP(=O)(O)O)CC(=O)N(c1nn(CC(F)(F)F)c2c(-c3ccc(C#CC(C)(C)S(C)(=O)=O)nc3[C@H](Cc3cc(F)cc(F)c3)NC(=O)Cn3nc(C(F)(F)F)c4c3C(F)(F)C3C[C@H]43)ccc(Cl)c12)S(C)(=O)=O.